The number of hydrogen-bond acceptors (Lipinski definition) is 4. The molecule has 0 spiro atoms. The molecule has 0 aliphatic carbocycles. The lowest BCUT2D eigenvalue weighted by molar-refractivity contribution is 0.670. The quantitative estimate of drug-likeness (QED) is 0.195. The number of aromatic nitrogens is 3. The number of fused-ring (bicyclic) bond motifs is 7. The van der Waals surface area contributed by atoms with Crippen LogP contribution in [0, 0.1) is 0 Å². The molecule has 0 amide bonds. The molecule has 228 valence electrons. The largest absolute Gasteiger partial charge is 0.455 e. The predicted molar refractivity (Wildman–Crippen MR) is 201 cm³/mol. The third kappa shape index (κ3) is 4.57. The molecule has 49 heavy (non-hydrogen) atoms. The zero-order chi connectivity index (χ0) is 32.3. The van der Waals surface area contributed by atoms with Crippen molar-refractivity contribution in [3.05, 3.63) is 164 Å². The molecule has 4 nitrogen and oxygen atoms in total. The molecule has 0 fully saturated rings. The van der Waals surface area contributed by atoms with Crippen molar-refractivity contribution in [3.63, 3.8) is 0 Å². The molecule has 4 heteroatoms. The standard InChI is InChI=1S/C45H27N3O/c1-2-13-30(14-3-1)43-46-44(34-24-22-29-12-5-7-16-32(29)26-34)48-45(47-43)39-27-40-41(37-18-9-8-17-36(37)39)38-20-10-19-35(42(38)49-40)33-23-21-28-11-4-6-15-31(28)25-33/h1-27H. The second-order valence-corrected chi connectivity index (χ2v) is 12.4. The average Bonchev–Trinajstić information content (AvgIpc) is 3.56. The number of hydrogen-bond donors (Lipinski definition) is 0. The summed E-state index contributed by atoms with van der Waals surface area (Å²) in [5.74, 6) is 1.86. The number of para-hydroxylation sites is 1. The Labute approximate surface area is 282 Å². The van der Waals surface area contributed by atoms with E-state index >= 15 is 0 Å². The molecule has 0 saturated heterocycles. The van der Waals surface area contributed by atoms with Crippen molar-refractivity contribution < 1.29 is 4.42 Å². The van der Waals surface area contributed by atoms with Gasteiger partial charge in [-0.1, -0.05) is 146 Å². The number of rotatable bonds is 4. The van der Waals surface area contributed by atoms with Crippen molar-refractivity contribution in [2.45, 2.75) is 0 Å². The van der Waals surface area contributed by atoms with Gasteiger partial charge in [-0.15, -0.1) is 0 Å². The highest BCUT2D eigenvalue weighted by molar-refractivity contribution is 6.23. The second-order valence-electron chi connectivity index (χ2n) is 12.4. The van der Waals surface area contributed by atoms with E-state index in [9.17, 15) is 0 Å². The van der Waals surface area contributed by atoms with E-state index in [4.69, 9.17) is 19.4 Å². The highest BCUT2D eigenvalue weighted by Gasteiger charge is 2.20. The maximum Gasteiger partial charge on any atom is 0.164 e. The second kappa shape index (κ2) is 11.0. The van der Waals surface area contributed by atoms with Crippen molar-refractivity contribution in [1.82, 2.24) is 15.0 Å². The van der Waals surface area contributed by atoms with E-state index in [1.165, 1.54) is 16.2 Å². The Morgan fingerprint density at radius 1 is 0.347 bits per heavy atom. The van der Waals surface area contributed by atoms with E-state index in [0.717, 1.165) is 65.9 Å². The van der Waals surface area contributed by atoms with Gasteiger partial charge in [-0.2, -0.15) is 0 Å². The third-order valence-corrected chi connectivity index (χ3v) is 9.48. The Hall–Kier alpha value is -6.65. The summed E-state index contributed by atoms with van der Waals surface area (Å²) in [6.07, 6.45) is 0. The summed E-state index contributed by atoms with van der Waals surface area (Å²) in [5, 5.41) is 9.06. The Morgan fingerprint density at radius 2 is 0.918 bits per heavy atom. The molecule has 2 aromatic heterocycles. The molecule has 0 unspecified atom stereocenters. The van der Waals surface area contributed by atoms with Crippen LogP contribution in [0.2, 0.25) is 0 Å². The lowest BCUT2D eigenvalue weighted by Gasteiger charge is -2.11. The number of benzene rings is 8. The average molecular weight is 626 g/mol. The summed E-state index contributed by atoms with van der Waals surface area (Å²) < 4.78 is 6.83. The third-order valence-electron chi connectivity index (χ3n) is 9.48. The number of furan rings is 1. The van der Waals surface area contributed by atoms with Crippen LogP contribution in [0.25, 0.3) is 99.5 Å². The minimum absolute atomic E-state index is 0.602. The Bertz CT molecular complexity index is 2890. The minimum atomic E-state index is 0.602. The SMILES string of the molecule is c1ccc(-c2nc(-c3ccc4ccccc4c3)nc(-c3cc4oc5c(-c6ccc7ccccc7c6)cccc5c4c4ccccc34)n2)cc1. The molecule has 0 bridgehead atoms. The van der Waals surface area contributed by atoms with E-state index < -0.39 is 0 Å². The highest BCUT2D eigenvalue weighted by atomic mass is 16.3. The van der Waals surface area contributed by atoms with Gasteiger partial charge in [0.2, 0.25) is 0 Å². The lowest BCUT2D eigenvalue weighted by Crippen LogP contribution is -2.00. The molecule has 0 radical (unpaired) electrons. The summed E-state index contributed by atoms with van der Waals surface area (Å²) in [7, 11) is 0. The van der Waals surface area contributed by atoms with Crippen LogP contribution in [0.3, 0.4) is 0 Å². The molecule has 0 aliphatic rings. The first kappa shape index (κ1) is 27.5. The van der Waals surface area contributed by atoms with Gasteiger partial charge in [-0.25, -0.2) is 15.0 Å². The molecule has 2 heterocycles. The van der Waals surface area contributed by atoms with Crippen LogP contribution in [0.4, 0.5) is 0 Å². The van der Waals surface area contributed by atoms with E-state index in [1.54, 1.807) is 0 Å². The van der Waals surface area contributed by atoms with E-state index in [1.807, 2.05) is 30.3 Å². The Morgan fingerprint density at radius 3 is 1.67 bits per heavy atom. The van der Waals surface area contributed by atoms with Gasteiger partial charge in [-0.05, 0) is 56.1 Å². The first-order valence-electron chi connectivity index (χ1n) is 16.4. The van der Waals surface area contributed by atoms with Crippen molar-refractivity contribution in [3.8, 4) is 45.3 Å². The van der Waals surface area contributed by atoms with Gasteiger partial charge >= 0.3 is 0 Å². The van der Waals surface area contributed by atoms with Gasteiger partial charge in [0.1, 0.15) is 11.2 Å². The van der Waals surface area contributed by atoms with E-state index in [0.29, 0.717) is 17.5 Å². The summed E-state index contributed by atoms with van der Waals surface area (Å²) in [6.45, 7) is 0. The molecular formula is C45H27N3O. The maximum atomic E-state index is 6.83. The first-order chi connectivity index (χ1) is 24.3. The van der Waals surface area contributed by atoms with Crippen molar-refractivity contribution >= 4 is 54.3 Å². The van der Waals surface area contributed by atoms with Gasteiger partial charge < -0.3 is 4.42 Å². The van der Waals surface area contributed by atoms with Crippen molar-refractivity contribution in [2.24, 2.45) is 0 Å². The van der Waals surface area contributed by atoms with Gasteiger partial charge in [0, 0.05) is 33.0 Å². The summed E-state index contributed by atoms with van der Waals surface area (Å²) in [4.78, 5) is 15.3. The van der Waals surface area contributed by atoms with Gasteiger partial charge in [-0.3, -0.25) is 0 Å². The minimum Gasteiger partial charge on any atom is -0.455 e. The van der Waals surface area contributed by atoms with Gasteiger partial charge in [0.25, 0.3) is 0 Å². The van der Waals surface area contributed by atoms with Crippen LogP contribution in [-0.2, 0) is 0 Å². The predicted octanol–water partition coefficient (Wildman–Crippen LogP) is 11.9. The zero-order valence-electron chi connectivity index (χ0n) is 26.3. The van der Waals surface area contributed by atoms with Gasteiger partial charge in [0.05, 0.1) is 0 Å². The fourth-order valence-electron chi connectivity index (χ4n) is 7.10. The Kier molecular flexibility index (Phi) is 6.15. The van der Waals surface area contributed by atoms with Crippen LogP contribution in [0.5, 0.6) is 0 Å². The van der Waals surface area contributed by atoms with Crippen LogP contribution in [0.15, 0.2) is 168 Å². The lowest BCUT2D eigenvalue weighted by atomic mass is 9.96. The molecule has 10 aromatic rings. The van der Waals surface area contributed by atoms with E-state index in [-0.39, 0.29) is 0 Å². The van der Waals surface area contributed by atoms with Crippen molar-refractivity contribution in [2.75, 3.05) is 0 Å². The van der Waals surface area contributed by atoms with Crippen LogP contribution in [-0.4, -0.2) is 15.0 Å². The zero-order valence-corrected chi connectivity index (χ0v) is 26.3. The van der Waals surface area contributed by atoms with Crippen LogP contribution >= 0.6 is 0 Å². The first-order valence-corrected chi connectivity index (χ1v) is 16.4. The van der Waals surface area contributed by atoms with Crippen molar-refractivity contribution in [1.29, 1.82) is 0 Å². The summed E-state index contributed by atoms with van der Waals surface area (Å²) in [5.41, 5.74) is 6.62. The molecule has 0 atom stereocenters. The fraction of sp³-hybridized carbons (Fsp3) is 0. The summed E-state index contributed by atoms with van der Waals surface area (Å²) >= 11 is 0. The number of nitrogens with zero attached hydrogens (tertiary/aromatic N) is 3. The van der Waals surface area contributed by atoms with Crippen LogP contribution in [0.1, 0.15) is 0 Å². The Balaban J connectivity index is 1.22. The molecular weight excluding hydrogens is 599 g/mol. The normalized spacial score (nSPS) is 11.7. The molecule has 0 aliphatic heterocycles. The van der Waals surface area contributed by atoms with Gasteiger partial charge in [0.15, 0.2) is 17.5 Å². The molecule has 10 rings (SSSR count). The van der Waals surface area contributed by atoms with Crippen LogP contribution < -0.4 is 0 Å². The topological polar surface area (TPSA) is 51.8 Å². The summed E-state index contributed by atoms with van der Waals surface area (Å²) in [6, 6.07) is 56.9. The molecule has 0 saturated carbocycles. The maximum absolute atomic E-state index is 6.83. The molecule has 0 N–H and O–H groups in total. The van der Waals surface area contributed by atoms with E-state index in [2.05, 4.69) is 133 Å². The molecule has 8 aromatic carbocycles. The smallest absolute Gasteiger partial charge is 0.164 e. The fourth-order valence-corrected chi connectivity index (χ4v) is 7.10. The monoisotopic (exact) mass is 625 g/mol. The highest BCUT2D eigenvalue weighted by Crippen LogP contribution is 2.43.